The summed E-state index contributed by atoms with van der Waals surface area (Å²) in [6.07, 6.45) is 0. The van der Waals surface area contributed by atoms with E-state index < -0.39 is 0 Å². The van der Waals surface area contributed by atoms with Crippen LogP contribution in [0.15, 0.2) is 59.9 Å². The van der Waals surface area contributed by atoms with Gasteiger partial charge < -0.3 is 19.7 Å². The van der Waals surface area contributed by atoms with Crippen LogP contribution in [0, 0.1) is 0 Å². The van der Waals surface area contributed by atoms with E-state index in [9.17, 15) is 9.59 Å². The van der Waals surface area contributed by atoms with E-state index in [0.29, 0.717) is 54.6 Å². The summed E-state index contributed by atoms with van der Waals surface area (Å²) in [6.45, 7) is 2.17. The summed E-state index contributed by atoms with van der Waals surface area (Å²) in [5.41, 5.74) is 2.17. The number of ketones is 2. The molecule has 1 saturated heterocycles. The van der Waals surface area contributed by atoms with Crippen molar-refractivity contribution in [3.63, 3.8) is 0 Å². The maximum Gasteiger partial charge on any atom is 0.212 e. The van der Waals surface area contributed by atoms with Gasteiger partial charge in [0.1, 0.15) is 17.1 Å². The van der Waals surface area contributed by atoms with E-state index >= 15 is 0 Å². The highest BCUT2D eigenvalue weighted by Gasteiger charge is 2.36. The van der Waals surface area contributed by atoms with Gasteiger partial charge in [-0.05, 0) is 12.1 Å². The predicted molar refractivity (Wildman–Crippen MR) is 101 cm³/mol. The Balaban J connectivity index is 1.84. The molecule has 0 unspecified atom stereocenters. The first-order valence-electron chi connectivity index (χ1n) is 8.86. The van der Waals surface area contributed by atoms with Crippen molar-refractivity contribution in [3.8, 4) is 5.75 Å². The number of anilines is 1. The minimum atomic E-state index is -0.197. The zero-order chi connectivity index (χ0) is 18.8. The second kappa shape index (κ2) is 7.25. The molecule has 0 saturated carbocycles. The number of ether oxygens (including phenoxy) is 2. The Morgan fingerprint density at radius 3 is 2.26 bits per heavy atom. The number of morpholine rings is 1. The summed E-state index contributed by atoms with van der Waals surface area (Å²) in [4.78, 5) is 28.4. The fourth-order valence-electron chi connectivity index (χ4n) is 3.45. The highest BCUT2D eigenvalue weighted by atomic mass is 16.5. The monoisotopic (exact) mass is 364 g/mol. The standard InChI is InChI=1S/C21H20N2O4/c1-26-17-9-5-4-8-16(17)22-18-19(23-10-12-27-13-11-23)21(25)15-7-3-2-6-14(15)20(18)24/h2-9,22H,10-13H2,1H3. The number of methoxy groups -OCH3 is 1. The van der Waals surface area contributed by atoms with Gasteiger partial charge in [0.25, 0.3) is 0 Å². The van der Waals surface area contributed by atoms with Gasteiger partial charge in [0.15, 0.2) is 0 Å². The van der Waals surface area contributed by atoms with Gasteiger partial charge in [-0.1, -0.05) is 36.4 Å². The van der Waals surface area contributed by atoms with E-state index in [1.165, 1.54) is 0 Å². The average Bonchev–Trinajstić information content (AvgIpc) is 2.73. The lowest BCUT2D eigenvalue weighted by Crippen LogP contribution is -2.42. The summed E-state index contributed by atoms with van der Waals surface area (Å²) >= 11 is 0. The van der Waals surface area contributed by atoms with Crippen LogP contribution in [0.3, 0.4) is 0 Å². The van der Waals surface area contributed by atoms with Crippen molar-refractivity contribution in [1.82, 2.24) is 4.90 Å². The number of carbonyl (C=O) groups is 2. The van der Waals surface area contributed by atoms with Gasteiger partial charge in [0.2, 0.25) is 11.6 Å². The number of nitrogens with zero attached hydrogens (tertiary/aromatic N) is 1. The van der Waals surface area contributed by atoms with Crippen molar-refractivity contribution >= 4 is 17.3 Å². The third-order valence-corrected chi connectivity index (χ3v) is 4.79. The molecule has 0 bridgehead atoms. The molecule has 6 heteroatoms. The minimum absolute atomic E-state index is 0.149. The number of para-hydroxylation sites is 2. The van der Waals surface area contributed by atoms with Crippen LogP contribution < -0.4 is 10.1 Å². The van der Waals surface area contributed by atoms with Gasteiger partial charge in [-0.15, -0.1) is 0 Å². The van der Waals surface area contributed by atoms with Crippen molar-refractivity contribution in [2.45, 2.75) is 0 Å². The molecule has 138 valence electrons. The van der Waals surface area contributed by atoms with E-state index in [4.69, 9.17) is 9.47 Å². The molecule has 0 aromatic heterocycles. The van der Waals surface area contributed by atoms with E-state index in [1.54, 1.807) is 37.4 Å². The molecule has 0 amide bonds. The second-order valence-corrected chi connectivity index (χ2v) is 6.35. The lowest BCUT2D eigenvalue weighted by molar-refractivity contribution is 0.0496. The van der Waals surface area contributed by atoms with Gasteiger partial charge in [0, 0.05) is 24.2 Å². The fraction of sp³-hybridized carbons (Fsp3) is 0.238. The van der Waals surface area contributed by atoms with Crippen molar-refractivity contribution < 1.29 is 19.1 Å². The van der Waals surface area contributed by atoms with E-state index in [0.717, 1.165) is 0 Å². The Morgan fingerprint density at radius 1 is 0.926 bits per heavy atom. The smallest absolute Gasteiger partial charge is 0.212 e. The molecule has 0 spiro atoms. The number of nitrogens with one attached hydrogen (secondary N) is 1. The first kappa shape index (κ1) is 17.3. The molecule has 27 heavy (non-hydrogen) atoms. The molecule has 6 nitrogen and oxygen atoms in total. The second-order valence-electron chi connectivity index (χ2n) is 6.35. The van der Waals surface area contributed by atoms with Crippen LogP contribution in [0.5, 0.6) is 5.75 Å². The van der Waals surface area contributed by atoms with E-state index in [-0.39, 0.29) is 17.3 Å². The molecule has 2 aliphatic rings. The van der Waals surface area contributed by atoms with Crippen molar-refractivity contribution in [1.29, 1.82) is 0 Å². The van der Waals surface area contributed by atoms with Crippen molar-refractivity contribution in [2.75, 3.05) is 38.7 Å². The van der Waals surface area contributed by atoms with Crippen LogP contribution in [0.2, 0.25) is 0 Å². The zero-order valence-corrected chi connectivity index (χ0v) is 15.0. The van der Waals surface area contributed by atoms with E-state index in [1.807, 2.05) is 23.1 Å². The highest BCUT2D eigenvalue weighted by molar-refractivity contribution is 6.27. The van der Waals surface area contributed by atoms with Crippen molar-refractivity contribution in [2.24, 2.45) is 0 Å². The summed E-state index contributed by atoms with van der Waals surface area (Å²) in [5.74, 6) is 0.257. The first-order chi connectivity index (χ1) is 13.2. The third-order valence-electron chi connectivity index (χ3n) is 4.79. The fourth-order valence-corrected chi connectivity index (χ4v) is 3.45. The lowest BCUT2D eigenvalue weighted by atomic mass is 9.89. The molecule has 1 fully saturated rings. The SMILES string of the molecule is COc1ccccc1NC1=C(N2CCOCC2)C(=O)c2ccccc2C1=O. The van der Waals surface area contributed by atoms with Gasteiger partial charge >= 0.3 is 0 Å². The third kappa shape index (κ3) is 3.08. The maximum absolute atomic E-state index is 13.3. The minimum Gasteiger partial charge on any atom is -0.495 e. The summed E-state index contributed by atoms with van der Waals surface area (Å²) in [7, 11) is 1.57. The number of hydrogen-bond acceptors (Lipinski definition) is 6. The number of fused-ring (bicyclic) bond motifs is 1. The Hall–Kier alpha value is -3.12. The summed E-state index contributed by atoms with van der Waals surface area (Å²) in [5, 5.41) is 3.17. The van der Waals surface area contributed by atoms with Gasteiger partial charge in [-0.3, -0.25) is 9.59 Å². The molecule has 2 aromatic carbocycles. The lowest BCUT2D eigenvalue weighted by Gasteiger charge is -2.34. The van der Waals surface area contributed by atoms with Gasteiger partial charge in [-0.25, -0.2) is 0 Å². The largest absolute Gasteiger partial charge is 0.495 e. The Labute approximate surface area is 157 Å². The number of carbonyl (C=O) groups excluding carboxylic acids is 2. The Kier molecular flexibility index (Phi) is 4.64. The molecular weight excluding hydrogens is 344 g/mol. The van der Waals surface area contributed by atoms with Crippen LogP contribution in [-0.4, -0.2) is 49.9 Å². The summed E-state index contributed by atoms with van der Waals surface area (Å²) < 4.78 is 10.8. The van der Waals surface area contributed by atoms with Gasteiger partial charge in [0.05, 0.1) is 26.0 Å². The molecule has 1 aliphatic heterocycles. The van der Waals surface area contributed by atoms with Gasteiger partial charge in [-0.2, -0.15) is 0 Å². The molecule has 0 radical (unpaired) electrons. The van der Waals surface area contributed by atoms with E-state index in [2.05, 4.69) is 5.32 Å². The molecule has 1 N–H and O–H groups in total. The maximum atomic E-state index is 13.3. The number of benzene rings is 2. The topological polar surface area (TPSA) is 67.9 Å². The van der Waals surface area contributed by atoms with Crippen LogP contribution >= 0.6 is 0 Å². The number of rotatable bonds is 4. The molecule has 4 rings (SSSR count). The van der Waals surface area contributed by atoms with Crippen molar-refractivity contribution in [3.05, 3.63) is 71.1 Å². The van der Waals surface area contributed by atoms with Crippen LogP contribution in [0.1, 0.15) is 20.7 Å². The molecule has 2 aromatic rings. The zero-order valence-electron chi connectivity index (χ0n) is 15.0. The molecule has 1 aliphatic carbocycles. The molecule has 0 atom stereocenters. The number of hydrogen-bond donors (Lipinski definition) is 1. The molecular formula is C21H20N2O4. The van der Waals surface area contributed by atoms with Crippen LogP contribution in [0.4, 0.5) is 5.69 Å². The normalized spacial score (nSPS) is 17.0. The van der Waals surface area contributed by atoms with Crippen LogP contribution in [-0.2, 0) is 4.74 Å². The van der Waals surface area contributed by atoms with Crippen LogP contribution in [0.25, 0.3) is 0 Å². The highest BCUT2D eigenvalue weighted by Crippen LogP contribution is 2.32. The summed E-state index contributed by atoms with van der Waals surface area (Å²) in [6, 6.07) is 14.3. The predicted octanol–water partition coefficient (Wildman–Crippen LogP) is 2.73. The quantitative estimate of drug-likeness (QED) is 0.900. The molecule has 1 heterocycles. The Morgan fingerprint density at radius 2 is 1.56 bits per heavy atom. The number of allylic oxidation sites excluding steroid dienone is 2. The Bertz CT molecular complexity index is 929. The average molecular weight is 364 g/mol. The number of Topliss-reactive ketones (excluding diaryl/α,β-unsaturated/α-hetero) is 2. The first-order valence-corrected chi connectivity index (χ1v) is 8.86.